The number of aryl methyl sites for hydroxylation is 1. The molecule has 4 heteroatoms. The zero-order valence-corrected chi connectivity index (χ0v) is 9.79. The van der Waals surface area contributed by atoms with Crippen molar-refractivity contribution in [2.24, 2.45) is 0 Å². The summed E-state index contributed by atoms with van der Waals surface area (Å²) in [6.07, 6.45) is 0.919. The second-order valence-corrected chi connectivity index (χ2v) is 5.71. The topological polar surface area (TPSA) is 54.4 Å². The first-order valence-electron chi connectivity index (χ1n) is 4.97. The highest BCUT2D eigenvalue weighted by Gasteiger charge is 2.23. The van der Waals surface area contributed by atoms with Gasteiger partial charge in [0, 0.05) is 0 Å². The van der Waals surface area contributed by atoms with E-state index in [4.69, 9.17) is 0 Å². The Morgan fingerprint density at radius 3 is 2.27 bits per heavy atom. The van der Waals surface area contributed by atoms with Gasteiger partial charge in [0.1, 0.15) is 0 Å². The maximum Gasteiger partial charge on any atom is 0.204 e. The lowest BCUT2D eigenvalue weighted by Crippen LogP contribution is -2.20. The zero-order valence-electron chi connectivity index (χ0n) is 8.97. The summed E-state index contributed by atoms with van der Waals surface area (Å²) in [6.45, 7) is 3.73. The van der Waals surface area contributed by atoms with Gasteiger partial charge >= 0.3 is 0 Å². The maximum atomic E-state index is 11.8. The first-order valence-corrected chi connectivity index (χ1v) is 6.51. The predicted octanol–water partition coefficient (Wildman–Crippen LogP) is 1.89. The molecule has 0 aliphatic carbocycles. The Labute approximate surface area is 90.7 Å². The minimum Gasteiger partial charge on any atom is -0.377 e. The van der Waals surface area contributed by atoms with Crippen LogP contribution in [0.3, 0.4) is 0 Å². The van der Waals surface area contributed by atoms with E-state index in [1.54, 1.807) is 12.1 Å². The lowest BCUT2D eigenvalue weighted by Gasteiger charge is -2.10. The third kappa shape index (κ3) is 2.79. The molecule has 0 saturated carbocycles. The number of benzene rings is 1. The van der Waals surface area contributed by atoms with E-state index in [1.165, 1.54) is 12.1 Å². The van der Waals surface area contributed by atoms with Crippen LogP contribution in [0.2, 0.25) is 0 Å². The average Bonchev–Trinajstić information content (AvgIpc) is 2.18. The highest BCUT2D eigenvalue weighted by molar-refractivity contribution is 7.91. The average molecular weight is 228 g/mol. The van der Waals surface area contributed by atoms with Gasteiger partial charge in [0.25, 0.3) is 0 Å². The third-order valence-corrected chi connectivity index (χ3v) is 4.12. The van der Waals surface area contributed by atoms with Crippen molar-refractivity contribution in [1.82, 2.24) is 0 Å². The molecule has 1 N–H and O–H groups in total. The Balaban J connectivity index is 3.01. The minimum atomic E-state index is -3.56. The molecular formula is C11H16O3S. The Hall–Kier alpha value is -0.870. The number of hydrogen-bond acceptors (Lipinski definition) is 3. The number of aliphatic hydroxyl groups is 1. The van der Waals surface area contributed by atoms with Crippen LogP contribution >= 0.6 is 0 Å². The highest BCUT2D eigenvalue weighted by atomic mass is 32.2. The van der Waals surface area contributed by atoms with Crippen LogP contribution in [-0.2, 0) is 9.84 Å². The molecule has 0 amide bonds. The predicted molar refractivity (Wildman–Crippen MR) is 59.3 cm³/mol. The second kappa shape index (κ2) is 4.77. The fourth-order valence-corrected chi connectivity index (χ4v) is 2.66. The monoisotopic (exact) mass is 228 g/mol. The van der Waals surface area contributed by atoms with Crippen molar-refractivity contribution in [2.45, 2.75) is 37.0 Å². The minimum absolute atomic E-state index is 0.189. The quantitative estimate of drug-likeness (QED) is 0.856. The normalized spacial score (nSPS) is 13.8. The first-order chi connectivity index (χ1) is 6.98. The van der Waals surface area contributed by atoms with Crippen LogP contribution in [-0.4, -0.2) is 19.0 Å². The molecule has 0 fully saturated rings. The molecule has 0 aliphatic rings. The van der Waals surface area contributed by atoms with Crippen molar-refractivity contribution in [3.05, 3.63) is 29.8 Å². The summed E-state index contributed by atoms with van der Waals surface area (Å²) in [6, 6.07) is 6.52. The molecule has 0 heterocycles. The summed E-state index contributed by atoms with van der Waals surface area (Å²) in [4.78, 5) is 0.189. The van der Waals surface area contributed by atoms with Gasteiger partial charge in [-0.15, -0.1) is 0 Å². The van der Waals surface area contributed by atoms with Crippen molar-refractivity contribution in [3.8, 4) is 0 Å². The molecule has 15 heavy (non-hydrogen) atoms. The molecule has 84 valence electrons. The van der Waals surface area contributed by atoms with E-state index in [9.17, 15) is 13.5 Å². The van der Waals surface area contributed by atoms with E-state index < -0.39 is 15.3 Å². The van der Waals surface area contributed by atoms with Crippen LogP contribution in [0.4, 0.5) is 0 Å². The lowest BCUT2D eigenvalue weighted by molar-refractivity contribution is 0.237. The summed E-state index contributed by atoms with van der Waals surface area (Å²) < 4.78 is 23.6. The molecule has 0 bridgehead atoms. The van der Waals surface area contributed by atoms with Crippen LogP contribution in [0.1, 0.15) is 25.3 Å². The number of rotatable bonds is 4. The van der Waals surface area contributed by atoms with Gasteiger partial charge in [-0.25, -0.2) is 8.42 Å². The van der Waals surface area contributed by atoms with Crippen LogP contribution in [0, 0.1) is 6.92 Å². The van der Waals surface area contributed by atoms with Gasteiger partial charge in [0.2, 0.25) is 9.84 Å². The van der Waals surface area contributed by atoms with Crippen molar-refractivity contribution in [2.75, 3.05) is 0 Å². The molecule has 1 unspecified atom stereocenters. The van der Waals surface area contributed by atoms with Gasteiger partial charge in [0.05, 0.1) is 4.90 Å². The standard InChI is InChI=1S/C11H16O3S/c1-3-4-11(12)15(13,14)10-7-5-9(2)6-8-10/h5-8,11-12H,3-4H2,1-2H3. The fraction of sp³-hybridized carbons (Fsp3) is 0.455. The molecule has 3 nitrogen and oxygen atoms in total. The Bertz CT molecular complexity index is 406. The third-order valence-electron chi connectivity index (χ3n) is 2.24. The largest absolute Gasteiger partial charge is 0.377 e. The molecule has 0 spiro atoms. The summed E-state index contributed by atoms with van der Waals surface area (Å²) in [5.74, 6) is 0. The molecule has 0 radical (unpaired) electrons. The van der Waals surface area contributed by atoms with Crippen molar-refractivity contribution in [3.63, 3.8) is 0 Å². The van der Waals surface area contributed by atoms with Crippen LogP contribution in [0.15, 0.2) is 29.2 Å². The van der Waals surface area contributed by atoms with E-state index in [2.05, 4.69) is 0 Å². The Kier molecular flexibility index (Phi) is 3.88. The second-order valence-electron chi connectivity index (χ2n) is 3.60. The summed E-state index contributed by atoms with van der Waals surface area (Å²) in [7, 11) is -3.56. The van der Waals surface area contributed by atoms with E-state index in [1.807, 2.05) is 13.8 Å². The summed E-state index contributed by atoms with van der Waals surface area (Å²) in [5.41, 5.74) is -0.288. The van der Waals surface area contributed by atoms with E-state index in [-0.39, 0.29) is 11.3 Å². The molecule has 1 rings (SSSR count). The molecule has 1 aromatic carbocycles. The van der Waals surface area contributed by atoms with E-state index in [0.29, 0.717) is 6.42 Å². The summed E-state index contributed by atoms with van der Waals surface area (Å²) in [5, 5.41) is 9.51. The first kappa shape index (κ1) is 12.2. The Morgan fingerprint density at radius 1 is 1.27 bits per heavy atom. The number of sulfone groups is 1. The van der Waals surface area contributed by atoms with Gasteiger partial charge in [-0.1, -0.05) is 31.0 Å². The van der Waals surface area contributed by atoms with Gasteiger partial charge in [-0.05, 0) is 25.5 Å². The maximum absolute atomic E-state index is 11.8. The SMILES string of the molecule is CCCC(O)S(=O)(=O)c1ccc(C)cc1. The van der Waals surface area contributed by atoms with Crippen molar-refractivity contribution in [1.29, 1.82) is 0 Å². The molecule has 0 saturated heterocycles. The number of hydrogen-bond donors (Lipinski definition) is 1. The molecular weight excluding hydrogens is 212 g/mol. The molecule has 0 aliphatic heterocycles. The van der Waals surface area contributed by atoms with Gasteiger partial charge in [-0.3, -0.25) is 0 Å². The Morgan fingerprint density at radius 2 is 1.80 bits per heavy atom. The van der Waals surface area contributed by atoms with E-state index >= 15 is 0 Å². The lowest BCUT2D eigenvalue weighted by atomic mass is 10.2. The van der Waals surface area contributed by atoms with Crippen LogP contribution in [0.5, 0.6) is 0 Å². The fourth-order valence-electron chi connectivity index (χ4n) is 1.29. The molecule has 1 atom stereocenters. The summed E-state index contributed by atoms with van der Waals surface area (Å²) >= 11 is 0. The van der Waals surface area contributed by atoms with Gasteiger partial charge in [-0.2, -0.15) is 0 Å². The molecule has 0 aromatic heterocycles. The molecule has 1 aromatic rings. The van der Waals surface area contributed by atoms with Crippen LogP contribution in [0.25, 0.3) is 0 Å². The smallest absolute Gasteiger partial charge is 0.204 e. The highest BCUT2D eigenvalue weighted by Crippen LogP contribution is 2.18. The van der Waals surface area contributed by atoms with Gasteiger partial charge in [0.15, 0.2) is 5.44 Å². The van der Waals surface area contributed by atoms with Crippen LogP contribution < -0.4 is 0 Å². The zero-order chi connectivity index (χ0) is 11.5. The van der Waals surface area contributed by atoms with E-state index in [0.717, 1.165) is 5.56 Å². The number of aliphatic hydroxyl groups excluding tert-OH is 1. The van der Waals surface area contributed by atoms with Crippen molar-refractivity contribution < 1.29 is 13.5 Å². The van der Waals surface area contributed by atoms with Gasteiger partial charge < -0.3 is 5.11 Å². The van der Waals surface area contributed by atoms with Crippen molar-refractivity contribution >= 4 is 9.84 Å².